The highest BCUT2D eigenvalue weighted by Gasteiger charge is 2.14. The van der Waals surface area contributed by atoms with Gasteiger partial charge in [-0.3, -0.25) is 4.79 Å². The van der Waals surface area contributed by atoms with E-state index in [-0.39, 0.29) is 5.91 Å². The second-order valence-corrected chi connectivity index (χ2v) is 5.22. The standard InChI is InChI=1S/C15H19ClN4O/c1-11-14(15(21)18-8-3-2-7-17)10-19-20(11)13-6-4-5-12(16)9-13/h4-6,9-10H,2-3,7-8,17H2,1H3,(H,18,21). The Balaban J connectivity index is 2.11. The number of hydrogen-bond donors (Lipinski definition) is 2. The maximum atomic E-state index is 12.1. The van der Waals surface area contributed by atoms with Crippen LogP contribution in [0.5, 0.6) is 0 Å². The number of nitrogens with two attached hydrogens (primary N) is 1. The molecule has 5 nitrogen and oxygen atoms in total. The van der Waals surface area contributed by atoms with Gasteiger partial charge in [-0.05, 0) is 44.5 Å². The minimum Gasteiger partial charge on any atom is -0.352 e. The molecule has 0 aliphatic rings. The van der Waals surface area contributed by atoms with Crippen molar-refractivity contribution in [2.75, 3.05) is 13.1 Å². The van der Waals surface area contributed by atoms with Gasteiger partial charge in [0.2, 0.25) is 0 Å². The van der Waals surface area contributed by atoms with Crippen LogP contribution in [-0.4, -0.2) is 28.8 Å². The SMILES string of the molecule is Cc1c(C(=O)NCCCCN)cnn1-c1cccc(Cl)c1. The number of carbonyl (C=O) groups excluding carboxylic acids is 1. The van der Waals surface area contributed by atoms with E-state index in [1.54, 1.807) is 16.9 Å². The summed E-state index contributed by atoms with van der Waals surface area (Å²) in [6.07, 6.45) is 3.36. The van der Waals surface area contributed by atoms with Crippen LogP contribution in [-0.2, 0) is 0 Å². The molecule has 0 radical (unpaired) electrons. The van der Waals surface area contributed by atoms with E-state index >= 15 is 0 Å². The lowest BCUT2D eigenvalue weighted by molar-refractivity contribution is 0.0952. The number of benzene rings is 1. The first-order valence-corrected chi connectivity index (χ1v) is 7.30. The summed E-state index contributed by atoms with van der Waals surface area (Å²) in [4.78, 5) is 12.1. The molecule has 1 aromatic carbocycles. The first-order valence-electron chi connectivity index (χ1n) is 6.92. The molecule has 2 aromatic rings. The Morgan fingerprint density at radius 1 is 1.43 bits per heavy atom. The lowest BCUT2D eigenvalue weighted by atomic mass is 10.2. The van der Waals surface area contributed by atoms with Gasteiger partial charge in [0.15, 0.2) is 0 Å². The highest BCUT2D eigenvalue weighted by atomic mass is 35.5. The topological polar surface area (TPSA) is 72.9 Å². The smallest absolute Gasteiger partial charge is 0.254 e. The number of rotatable bonds is 6. The molecule has 6 heteroatoms. The number of nitrogens with one attached hydrogen (secondary N) is 1. The highest BCUT2D eigenvalue weighted by Crippen LogP contribution is 2.17. The van der Waals surface area contributed by atoms with Crippen molar-refractivity contribution >= 4 is 17.5 Å². The molecule has 0 unspecified atom stereocenters. The molecule has 0 aliphatic carbocycles. The molecule has 0 aliphatic heterocycles. The molecule has 1 aromatic heterocycles. The molecule has 0 fully saturated rings. The fraction of sp³-hybridized carbons (Fsp3) is 0.333. The van der Waals surface area contributed by atoms with Gasteiger partial charge < -0.3 is 11.1 Å². The Labute approximate surface area is 129 Å². The third-order valence-corrected chi connectivity index (χ3v) is 3.46. The largest absolute Gasteiger partial charge is 0.352 e. The van der Waals surface area contributed by atoms with E-state index in [1.807, 2.05) is 25.1 Å². The highest BCUT2D eigenvalue weighted by molar-refractivity contribution is 6.30. The quantitative estimate of drug-likeness (QED) is 0.804. The third-order valence-electron chi connectivity index (χ3n) is 3.22. The predicted octanol–water partition coefficient (Wildman–Crippen LogP) is 2.30. The first kappa shape index (κ1) is 15.5. The third kappa shape index (κ3) is 3.83. The number of nitrogens with zero attached hydrogens (tertiary/aromatic N) is 2. The van der Waals surface area contributed by atoms with Crippen molar-refractivity contribution in [2.24, 2.45) is 5.73 Å². The molecule has 0 atom stereocenters. The zero-order chi connectivity index (χ0) is 15.2. The van der Waals surface area contributed by atoms with Gasteiger partial charge in [-0.2, -0.15) is 5.10 Å². The van der Waals surface area contributed by atoms with Crippen molar-refractivity contribution in [2.45, 2.75) is 19.8 Å². The van der Waals surface area contributed by atoms with Crippen molar-refractivity contribution in [1.29, 1.82) is 0 Å². The molecular weight excluding hydrogens is 288 g/mol. The molecule has 2 rings (SSSR count). The van der Waals surface area contributed by atoms with Crippen LogP contribution in [0, 0.1) is 6.92 Å². The fourth-order valence-electron chi connectivity index (χ4n) is 2.07. The van der Waals surface area contributed by atoms with Crippen LogP contribution in [0.25, 0.3) is 5.69 Å². The normalized spacial score (nSPS) is 10.6. The van der Waals surface area contributed by atoms with Crippen LogP contribution < -0.4 is 11.1 Å². The van der Waals surface area contributed by atoms with Gasteiger partial charge in [0.05, 0.1) is 23.1 Å². The molecule has 0 spiro atoms. The summed E-state index contributed by atoms with van der Waals surface area (Å²) < 4.78 is 1.71. The minimum absolute atomic E-state index is 0.113. The van der Waals surface area contributed by atoms with Crippen molar-refractivity contribution in [3.8, 4) is 5.69 Å². The summed E-state index contributed by atoms with van der Waals surface area (Å²) >= 11 is 5.98. The van der Waals surface area contributed by atoms with E-state index < -0.39 is 0 Å². The van der Waals surface area contributed by atoms with Crippen LogP contribution in [0.15, 0.2) is 30.5 Å². The van der Waals surface area contributed by atoms with E-state index in [1.165, 1.54) is 0 Å². The summed E-state index contributed by atoms with van der Waals surface area (Å²) in [6, 6.07) is 7.36. The molecule has 1 heterocycles. The van der Waals surface area contributed by atoms with Crippen molar-refractivity contribution in [1.82, 2.24) is 15.1 Å². The number of carbonyl (C=O) groups is 1. The Morgan fingerprint density at radius 2 is 2.24 bits per heavy atom. The van der Waals surface area contributed by atoms with Crippen LogP contribution in [0.4, 0.5) is 0 Å². The average molecular weight is 307 g/mol. The van der Waals surface area contributed by atoms with Gasteiger partial charge in [-0.25, -0.2) is 4.68 Å². The van der Waals surface area contributed by atoms with Crippen LogP contribution in [0.3, 0.4) is 0 Å². The number of unbranched alkanes of at least 4 members (excludes halogenated alkanes) is 1. The molecule has 0 saturated heterocycles. The Kier molecular flexibility index (Phi) is 5.36. The van der Waals surface area contributed by atoms with E-state index in [2.05, 4.69) is 10.4 Å². The Bertz CT molecular complexity index is 624. The number of halogens is 1. The lowest BCUT2D eigenvalue weighted by Crippen LogP contribution is -2.25. The predicted molar refractivity (Wildman–Crippen MR) is 83.9 cm³/mol. The molecule has 0 bridgehead atoms. The second-order valence-electron chi connectivity index (χ2n) is 4.79. The molecular formula is C15H19ClN4O. The maximum absolute atomic E-state index is 12.1. The molecule has 21 heavy (non-hydrogen) atoms. The number of amides is 1. The van der Waals surface area contributed by atoms with Gasteiger partial charge in [-0.15, -0.1) is 0 Å². The summed E-state index contributed by atoms with van der Waals surface area (Å²) in [6.45, 7) is 3.13. The average Bonchev–Trinajstić information content (AvgIpc) is 2.85. The molecule has 3 N–H and O–H groups in total. The summed E-state index contributed by atoms with van der Waals surface area (Å²) in [5.74, 6) is -0.113. The molecule has 0 saturated carbocycles. The van der Waals surface area contributed by atoms with E-state index in [0.717, 1.165) is 24.2 Å². The zero-order valence-electron chi connectivity index (χ0n) is 12.0. The number of aromatic nitrogens is 2. The van der Waals surface area contributed by atoms with Crippen LogP contribution in [0.2, 0.25) is 5.02 Å². The number of hydrogen-bond acceptors (Lipinski definition) is 3. The summed E-state index contributed by atoms with van der Waals surface area (Å²) in [5.41, 5.74) is 7.62. The van der Waals surface area contributed by atoms with Crippen molar-refractivity contribution < 1.29 is 4.79 Å². The van der Waals surface area contributed by atoms with Gasteiger partial charge >= 0.3 is 0 Å². The van der Waals surface area contributed by atoms with Gasteiger partial charge in [0.25, 0.3) is 5.91 Å². The Hall–Kier alpha value is -1.85. The monoisotopic (exact) mass is 306 g/mol. The maximum Gasteiger partial charge on any atom is 0.254 e. The van der Waals surface area contributed by atoms with Crippen molar-refractivity contribution in [3.05, 3.63) is 46.7 Å². The zero-order valence-corrected chi connectivity index (χ0v) is 12.7. The van der Waals surface area contributed by atoms with E-state index in [0.29, 0.717) is 23.7 Å². The Morgan fingerprint density at radius 3 is 2.95 bits per heavy atom. The van der Waals surface area contributed by atoms with Gasteiger partial charge in [0.1, 0.15) is 0 Å². The first-order chi connectivity index (χ1) is 10.1. The lowest BCUT2D eigenvalue weighted by Gasteiger charge is -2.07. The van der Waals surface area contributed by atoms with E-state index in [9.17, 15) is 4.79 Å². The minimum atomic E-state index is -0.113. The fourth-order valence-corrected chi connectivity index (χ4v) is 2.25. The van der Waals surface area contributed by atoms with Crippen LogP contribution in [0.1, 0.15) is 28.9 Å². The van der Waals surface area contributed by atoms with Crippen molar-refractivity contribution in [3.63, 3.8) is 0 Å². The molecule has 1 amide bonds. The summed E-state index contributed by atoms with van der Waals surface area (Å²) in [5, 5.41) is 7.78. The molecule has 112 valence electrons. The van der Waals surface area contributed by atoms with E-state index in [4.69, 9.17) is 17.3 Å². The van der Waals surface area contributed by atoms with Gasteiger partial charge in [-0.1, -0.05) is 17.7 Å². The van der Waals surface area contributed by atoms with Crippen LogP contribution >= 0.6 is 11.6 Å². The second kappa shape index (κ2) is 7.24. The summed E-state index contributed by atoms with van der Waals surface area (Å²) in [7, 11) is 0. The van der Waals surface area contributed by atoms with Gasteiger partial charge in [0, 0.05) is 11.6 Å².